The van der Waals surface area contributed by atoms with E-state index in [-0.39, 0.29) is 0 Å². The summed E-state index contributed by atoms with van der Waals surface area (Å²) in [5, 5.41) is 8.45. The molecule has 2 saturated heterocycles. The van der Waals surface area contributed by atoms with E-state index >= 15 is 0 Å². The number of hydrogen-bond donors (Lipinski definition) is 1. The van der Waals surface area contributed by atoms with Gasteiger partial charge >= 0.3 is 0 Å². The molecule has 2 aliphatic rings. The van der Waals surface area contributed by atoms with E-state index in [1.165, 1.54) is 25.8 Å². The van der Waals surface area contributed by atoms with Crippen molar-refractivity contribution in [2.45, 2.75) is 37.9 Å². The van der Waals surface area contributed by atoms with Gasteiger partial charge in [-0.25, -0.2) is 4.68 Å². The summed E-state index contributed by atoms with van der Waals surface area (Å²) in [4.78, 5) is 2.55. The van der Waals surface area contributed by atoms with Crippen LogP contribution in [0.15, 0.2) is 42.6 Å². The molecule has 4 nitrogen and oxygen atoms in total. The molecule has 2 fully saturated rings. The average Bonchev–Trinajstić information content (AvgIpc) is 3.09. The summed E-state index contributed by atoms with van der Waals surface area (Å²) in [5.41, 5.74) is 2.29. The minimum atomic E-state index is 0.689. The molecule has 1 N–H and O–H groups in total. The van der Waals surface area contributed by atoms with Gasteiger partial charge in [0.25, 0.3) is 0 Å². The first-order valence-electron chi connectivity index (χ1n) is 7.95. The van der Waals surface area contributed by atoms with Gasteiger partial charge in [0.1, 0.15) is 0 Å². The largest absolute Gasteiger partial charge is 0.310 e. The molecular weight excluding hydrogens is 260 g/mol. The Kier molecular flexibility index (Phi) is 3.49. The molecule has 0 saturated carbocycles. The maximum absolute atomic E-state index is 4.72. The molecule has 3 heterocycles. The molecule has 0 radical (unpaired) electrons. The molecule has 0 spiro atoms. The fourth-order valence-electron chi connectivity index (χ4n) is 3.56. The van der Waals surface area contributed by atoms with E-state index < -0.39 is 0 Å². The lowest BCUT2D eigenvalue weighted by molar-refractivity contribution is 0.248. The molecule has 110 valence electrons. The number of fused-ring (bicyclic) bond motifs is 2. The highest BCUT2D eigenvalue weighted by molar-refractivity contribution is 5.30. The highest BCUT2D eigenvalue weighted by Crippen LogP contribution is 2.21. The van der Waals surface area contributed by atoms with Crippen molar-refractivity contribution in [1.82, 2.24) is 20.0 Å². The lowest BCUT2D eigenvalue weighted by Crippen LogP contribution is -2.35. The molecule has 2 atom stereocenters. The van der Waals surface area contributed by atoms with Crippen molar-refractivity contribution in [1.29, 1.82) is 0 Å². The van der Waals surface area contributed by atoms with Crippen molar-refractivity contribution in [2.75, 3.05) is 13.1 Å². The van der Waals surface area contributed by atoms with Crippen LogP contribution < -0.4 is 5.32 Å². The van der Waals surface area contributed by atoms with Crippen molar-refractivity contribution >= 4 is 0 Å². The summed E-state index contributed by atoms with van der Waals surface area (Å²) in [7, 11) is 0. The number of rotatable bonds is 3. The molecule has 2 bridgehead atoms. The number of likely N-dealkylation sites (tertiary alicyclic amines) is 1. The minimum Gasteiger partial charge on any atom is -0.310 e. The zero-order chi connectivity index (χ0) is 14.1. The molecule has 1 aromatic carbocycles. The molecule has 0 amide bonds. The molecule has 2 aliphatic heterocycles. The number of nitrogens with one attached hydrogen (secondary N) is 1. The Morgan fingerprint density at radius 1 is 1.05 bits per heavy atom. The number of para-hydroxylation sites is 1. The van der Waals surface area contributed by atoms with E-state index in [4.69, 9.17) is 5.10 Å². The molecule has 0 aliphatic carbocycles. The summed E-state index contributed by atoms with van der Waals surface area (Å²) in [5.74, 6) is 0. The second-order valence-electron chi connectivity index (χ2n) is 6.25. The smallest absolute Gasteiger partial charge is 0.0769 e. The predicted octanol–water partition coefficient (Wildman–Crippen LogP) is 2.20. The van der Waals surface area contributed by atoms with Crippen LogP contribution in [0, 0.1) is 0 Å². The zero-order valence-corrected chi connectivity index (χ0v) is 12.3. The fourth-order valence-corrected chi connectivity index (χ4v) is 3.56. The molecule has 2 unspecified atom stereocenters. The molecular formula is C17H22N4. The van der Waals surface area contributed by atoms with E-state index in [2.05, 4.69) is 34.6 Å². The number of nitrogens with zero attached hydrogens (tertiary/aromatic N) is 3. The van der Waals surface area contributed by atoms with Crippen LogP contribution in [0.4, 0.5) is 0 Å². The molecule has 4 heteroatoms. The second kappa shape index (κ2) is 5.62. The number of aromatic nitrogens is 2. The molecule has 21 heavy (non-hydrogen) atoms. The van der Waals surface area contributed by atoms with Gasteiger partial charge < -0.3 is 5.32 Å². The van der Waals surface area contributed by atoms with E-state index in [1.807, 2.05) is 22.9 Å². The number of benzene rings is 1. The summed E-state index contributed by atoms with van der Waals surface area (Å²) < 4.78 is 1.97. The Hall–Kier alpha value is -1.65. The lowest BCUT2D eigenvalue weighted by atomic mass is 10.1. The predicted molar refractivity (Wildman–Crippen MR) is 83.4 cm³/mol. The van der Waals surface area contributed by atoms with Crippen molar-refractivity contribution in [2.24, 2.45) is 0 Å². The van der Waals surface area contributed by atoms with Crippen molar-refractivity contribution < 1.29 is 0 Å². The Morgan fingerprint density at radius 3 is 2.81 bits per heavy atom. The van der Waals surface area contributed by atoms with Crippen LogP contribution in [0.2, 0.25) is 0 Å². The van der Waals surface area contributed by atoms with E-state index in [0.29, 0.717) is 6.04 Å². The summed E-state index contributed by atoms with van der Waals surface area (Å²) >= 11 is 0. The zero-order valence-electron chi connectivity index (χ0n) is 12.3. The first-order chi connectivity index (χ1) is 10.4. The van der Waals surface area contributed by atoms with Crippen LogP contribution in [0.3, 0.4) is 0 Å². The van der Waals surface area contributed by atoms with Crippen LogP contribution in [-0.2, 0) is 6.54 Å². The first-order valence-corrected chi connectivity index (χ1v) is 7.95. The standard InChI is InChI=1S/C17H22N4/c1-2-4-17(5-3-1)21-11-9-16(19-21)13-20-10-8-14-6-7-15(12-20)18-14/h1-5,9,11,14-15,18H,6-8,10,12-13H2. The van der Waals surface area contributed by atoms with Gasteiger partial charge in [-0.3, -0.25) is 4.90 Å². The van der Waals surface area contributed by atoms with Gasteiger partial charge in [0, 0.05) is 37.9 Å². The Morgan fingerprint density at radius 2 is 1.90 bits per heavy atom. The van der Waals surface area contributed by atoms with Gasteiger partial charge in [-0.05, 0) is 37.5 Å². The van der Waals surface area contributed by atoms with Crippen molar-refractivity contribution in [3.05, 3.63) is 48.3 Å². The van der Waals surface area contributed by atoms with Gasteiger partial charge in [-0.15, -0.1) is 0 Å². The lowest BCUT2D eigenvalue weighted by Gasteiger charge is -2.22. The normalized spacial score (nSPS) is 25.9. The summed E-state index contributed by atoms with van der Waals surface area (Å²) in [6, 6.07) is 13.9. The van der Waals surface area contributed by atoms with Crippen molar-refractivity contribution in [3.63, 3.8) is 0 Å². The maximum atomic E-state index is 4.72. The fraction of sp³-hybridized carbons (Fsp3) is 0.471. The molecule has 2 aromatic rings. The molecule has 4 rings (SSSR count). The average molecular weight is 282 g/mol. The number of hydrogen-bond acceptors (Lipinski definition) is 3. The first kappa shape index (κ1) is 13.0. The van der Waals surface area contributed by atoms with E-state index in [9.17, 15) is 0 Å². The van der Waals surface area contributed by atoms with Crippen LogP contribution in [0.5, 0.6) is 0 Å². The summed E-state index contributed by atoms with van der Waals surface area (Å²) in [6.07, 6.45) is 6.03. The van der Waals surface area contributed by atoms with Gasteiger partial charge in [0.15, 0.2) is 0 Å². The van der Waals surface area contributed by atoms with Crippen molar-refractivity contribution in [3.8, 4) is 5.69 Å². The third-order valence-corrected chi connectivity index (χ3v) is 4.66. The van der Waals surface area contributed by atoms with Crippen LogP contribution >= 0.6 is 0 Å². The monoisotopic (exact) mass is 282 g/mol. The maximum Gasteiger partial charge on any atom is 0.0769 e. The van der Waals surface area contributed by atoms with Gasteiger partial charge in [0.2, 0.25) is 0 Å². The van der Waals surface area contributed by atoms with Gasteiger partial charge in [-0.1, -0.05) is 18.2 Å². The SMILES string of the molecule is c1ccc(-n2ccc(CN3CCC4CCC(C3)N4)n2)cc1. The Labute approximate surface area is 125 Å². The highest BCUT2D eigenvalue weighted by Gasteiger charge is 2.29. The summed E-state index contributed by atoms with van der Waals surface area (Å²) in [6.45, 7) is 3.31. The van der Waals surface area contributed by atoms with Crippen LogP contribution in [0.1, 0.15) is 25.0 Å². The topological polar surface area (TPSA) is 33.1 Å². The highest BCUT2D eigenvalue weighted by atomic mass is 15.3. The quantitative estimate of drug-likeness (QED) is 0.937. The molecule has 1 aromatic heterocycles. The minimum absolute atomic E-state index is 0.689. The third kappa shape index (κ3) is 2.87. The van der Waals surface area contributed by atoms with Gasteiger partial charge in [-0.2, -0.15) is 5.10 Å². The van der Waals surface area contributed by atoms with Crippen LogP contribution in [-0.4, -0.2) is 39.9 Å². The second-order valence-corrected chi connectivity index (χ2v) is 6.25. The third-order valence-electron chi connectivity index (χ3n) is 4.66. The van der Waals surface area contributed by atoms with E-state index in [1.54, 1.807) is 0 Å². The van der Waals surface area contributed by atoms with Gasteiger partial charge in [0.05, 0.1) is 11.4 Å². The van der Waals surface area contributed by atoms with E-state index in [0.717, 1.165) is 30.5 Å². The van der Waals surface area contributed by atoms with Crippen LogP contribution in [0.25, 0.3) is 5.69 Å². The Balaban J connectivity index is 1.44. The Bertz CT molecular complexity index is 592.